The number of hydrogen-bond donors (Lipinski definition) is 0. The first-order valence-electron chi connectivity index (χ1n) is 2.61. The smallest absolute Gasteiger partial charge is 0.259 e. The fourth-order valence-corrected chi connectivity index (χ4v) is 0.347. The summed E-state index contributed by atoms with van der Waals surface area (Å²) in [6, 6.07) is 0. The fraction of sp³-hybridized carbons (Fsp3) is 0.200. The summed E-state index contributed by atoms with van der Waals surface area (Å²) in [4.78, 5) is 18.3. The number of nitro groups is 2. The van der Waals surface area contributed by atoms with Crippen molar-refractivity contribution in [3.63, 3.8) is 0 Å². The zero-order chi connectivity index (χ0) is 9.02. The molecule has 0 heterocycles. The predicted molar refractivity (Wildman–Crippen MR) is 36.9 cm³/mol. The molecule has 0 rings (SSSR count). The van der Waals surface area contributed by atoms with Gasteiger partial charge in [-0.05, 0) is 6.58 Å². The van der Waals surface area contributed by atoms with Gasteiger partial charge in [-0.3, -0.25) is 20.2 Å². The first-order valence-corrected chi connectivity index (χ1v) is 2.61. The van der Waals surface area contributed by atoms with Crippen molar-refractivity contribution in [3.8, 4) is 0 Å². The maximum atomic E-state index is 9.93. The van der Waals surface area contributed by atoms with Crippen LogP contribution in [0.3, 0.4) is 0 Å². The average Bonchev–Trinajstić information content (AvgIpc) is 1.87. The van der Waals surface area contributed by atoms with E-state index in [0.717, 1.165) is 13.0 Å². The highest BCUT2D eigenvalue weighted by molar-refractivity contribution is 5.08. The van der Waals surface area contributed by atoms with Gasteiger partial charge in [0.1, 0.15) is 0 Å². The predicted octanol–water partition coefficient (Wildman–Crippen LogP) is 0.957. The molecule has 0 bridgehead atoms. The second-order valence-electron chi connectivity index (χ2n) is 1.79. The van der Waals surface area contributed by atoms with Crippen LogP contribution in [0.5, 0.6) is 0 Å². The Morgan fingerprint density at radius 1 is 1.36 bits per heavy atom. The van der Waals surface area contributed by atoms with Gasteiger partial charge < -0.3 is 0 Å². The van der Waals surface area contributed by atoms with E-state index < -0.39 is 15.5 Å². The van der Waals surface area contributed by atoms with Gasteiger partial charge in [0, 0.05) is 6.92 Å². The third kappa shape index (κ3) is 3.09. The zero-order valence-corrected chi connectivity index (χ0v) is 5.81. The summed E-state index contributed by atoms with van der Waals surface area (Å²) in [5.74, 6) is 0. The molecule has 0 aromatic heterocycles. The summed E-state index contributed by atoms with van der Waals surface area (Å²) in [5, 5.41) is 19.8. The van der Waals surface area contributed by atoms with Gasteiger partial charge in [0.15, 0.2) is 0 Å². The molecule has 0 amide bonds. The lowest BCUT2D eigenvalue weighted by atomic mass is 10.4. The maximum Gasteiger partial charge on any atom is 0.268 e. The van der Waals surface area contributed by atoms with Gasteiger partial charge in [-0.15, -0.1) is 0 Å². The molecule has 0 aliphatic rings. The fourth-order valence-electron chi connectivity index (χ4n) is 0.347. The SMILES string of the molecule is C=C(C=C(C)[N+](=O)[O-])[N+](=O)[O-]. The Balaban J connectivity index is 4.44. The van der Waals surface area contributed by atoms with Crippen LogP contribution in [0, 0.1) is 20.2 Å². The van der Waals surface area contributed by atoms with Crippen molar-refractivity contribution in [3.05, 3.63) is 44.3 Å². The maximum absolute atomic E-state index is 9.93. The Bertz CT molecular complexity index is 243. The van der Waals surface area contributed by atoms with E-state index in [1.165, 1.54) is 0 Å². The number of hydrogen-bond acceptors (Lipinski definition) is 4. The van der Waals surface area contributed by atoms with Gasteiger partial charge in [0.25, 0.3) is 5.70 Å². The topological polar surface area (TPSA) is 86.3 Å². The first kappa shape index (κ1) is 9.28. The monoisotopic (exact) mass is 158 g/mol. The molecule has 0 spiro atoms. The Morgan fingerprint density at radius 3 is 2.09 bits per heavy atom. The van der Waals surface area contributed by atoms with Crippen LogP contribution < -0.4 is 0 Å². The third-order valence-corrected chi connectivity index (χ3v) is 0.898. The number of rotatable bonds is 3. The standard InChI is InChI=1S/C5H6N2O4/c1-4(6(8)9)3-5(2)7(10)11/h3H,1H2,2H3. The molecule has 0 N–H and O–H groups in total. The van der Waals surface area contributed by atoms with E-state index >= 15 is 0 Å². The highest BCUT2D eigenvalue weighted by atomic mass is 16.6. The van der Waals surface area contributed by atoms with Crippen molar-refractivity contribution >= 4 is 0 Å². The van der Waals surface area contributed by atoms with Crippen molar-refractivity contribution in [1.82, 2.24) is 0 Å². The van der Waals surface area contributed by atoms with E-state index in [2.05, 4.69) is 6.58 Å². The van der Waals surface area contributed by atoms with Crippen molar-refractivity contribution in [2.75, 3.05) is 0 Å². The summed E-state index contributed by atoms with van der Waals surface area (Å²) < 4.78 is 0. The molecule has 6 heteroatoms. The second kappa shape index (κ2) is 3.45. The largest absolute Gasteiger partial charge is 0.268 e. The van der Waals surface area contributed by atoms with E-state index in [9.17, 15) is 20.2 Å². The number of nitrogens with zero attached hydrogens (tertiary/aromatic N) is 2. The molecule has 0 aromatic carbocycles. The van der Waals surface area contributed by atoms with Crippen molar-refractivity contribution in [2.45, 2.75) is 6.92 Å². The first-order chi connectivity index (χ1) is 4.95. The van der Waals surface area contributed by atoms with Gasteiger partial charge in [-0.2, -0.15) is 0 Å². The molecular formula is C5H6N2O4. The minimum atomic E-state index is -0.785. The molecule has 0 saturated heterocycles. The Kier molecular flexibility index (Phi) is 2.91. The van der Waals surface area contributed by atoms with E-state index in [1.54, 1.807) is 0 Å². The molecule has 0 atom stereocenters. The Labute approximate surface area is 62.1 Å². The summed E-state index contributed by atoms with van der Waals surface area (Å²) in [6.07, 6.45) is 0.806. The molecule has 60 valence electrons. The van der Waals surface area contributed by atoms with E-state index in [0.29, 0.717) is 0 Å². The van der Waals surface area contributed by atoms with Crippen molar-refractivity contribution in [1.29, 1.82) is 0 Å². The molecule has 0 unspecified atom stereocenters. The third-order valence-electron chi connectivity index (χ3n) is 0.898. The van der Waals surface area contributed by atoms with E-state index in [4.69, 9.17) is 0 Å². The van der Waals surface area contributed by atoms with Gasteiger partial charge >= 0.3 is 0 Å². The molecule has 0 fully saturated rings. The Hall–Kier alpha value is -1.72. The Morgan fingerprint density at radius 2 is 1.82 bits per heavy atom. The van der Waals surface area contributed by atoms with Crippen LogP contribution in [0.1, 0.15) is 6.92 Å². The lowest BCUT2D eigenvalue weighted by Gasteiger charge is -1.87. The molecule has 6 nitrogen and oxygen atoms in total. The van der Waals surface area contributed by atoms with Crippen molar-refractivity contribution in [2.24, 2.45) is 0 Å². The van der Waals surface area contributed by atoms with Crippen LogP contribution in [0.25, 0.3) is 0 Å². The van der Waals surface area contributed by atoms with Crippen LogP contribution in [-0.4, -0.2) is 9.85 Å². The molecule has 11 heavy (non-hydrogen) atoms. The van der Waals surface area contributed by atoms with Crippen molar-refractivity contribution < 1.29 is 9.85 Å². The van der Waals surface area contributed by atoms with Gasteiger partial charge in [0.2, 0.25) is 5.70 Å². The highest BCUT2D eigenvalue weighted by Gasteiger charge is 2.08. The highest BCUT2D eigenvalue weighted by Crippen LogP contribution is 2.00. The zero-order valence-electron chi connectivity index (χ0n) is 5.81. The molecule has 0 aliphatic carbocycles. The molecule has 0 aromatic rings. The van der Waals surface area contributed by atoms with Crippen LogP contribution >= 0.6 is 0 Å². The van der Waals surface area contributed by atoms with Crippen LogP contribution in [0.2, 0.25) is 0 Å². The summed E-state index contributed by atoms with van der Waals surface area (Å²) in [5.41, 5.74) is -0.786. The summed E-state index contributed by atoms with van der Waals surface area (Å²) in [6.45, 7) is 4.16. The van der Waals surface area contributed by atoms with Gasteiger partial charge in [0.05, 0.1) is 15.9 Å². The lowest BCUT2D eigenvalue weighted by molar-refractivity contribution is -0.433. The minimum Gasteiger partial charge on any atom is -0.259 e. The van der Waals surface area contributed by atoms with Gasteiger partial charge in [-0.1, -0.05) is 0 Å². The second-order valence-corrected chi connectivity index (χ2v) is 1.79. The summed E-state index contributed by atoms with van der Waals surface area (Å²) >= 11 is 0. The lowest BCUT2D eigenvalue weighted by Crippen LogP contribution is -1.98. The van der Waals surface area contributed by atoms with Crippen LogP contribution in [0.4, 0.5) is 0 Å². The average molecular weight is 158 g/mol. The van der Waals surface area contributed by atoms with Gasteiger partial charge in [-0.25, -0.2) is 0 Å². The minimum absolute atomic E-state index is 0.299. The molecule has 0 saturated carbocycles. The van der Waals surface area contributed by atoms with Crippen LogP contribution in [-0.2, 0) is 0 Å². The summed E-state index contributed by atoms with van der Waals surface area (Å²) in [7, 11) is 0. The number of allylic oxidation sites excluding steroid dienone is 2. The quantitative estimate of drug-likeness (QED) is 0.347. The van der Waals surface area contributed by atoms with E-state index in [-0.39, 0.29) is 5.70 Å². The van der Waals surface area contributed by atoms with E-state index in [1.807, 2.05) is 0 Å². The molecule has 0 aliphatic heterocycles. The molecular weight excluding hydrogens is 152 g/mol. The molecule has 0 radical (unpaired) electrons. The van der Waals surface area contributed by atoms with Crippen LogP contribution in [0.15, 0.2) is 24.0 Å². The normalized spacial score (nSPS) is 10.8.